The van der Waals surface area contributed by atoms with Crippen molar-refractivity contribution in [2.75, 3.05) is 12.4 Å². The summed E-state index contributed by atoms with van der Waals surface area (Å²) in [5.41, 5.74) is 4.16. The van der Waals surface area contributed by atoms with Crippen LogP contribution in [0.4, 0.5) is 10.8 Å². The maximum Gasteiger partial charge on any atom is 0.187 e. The summed E-state index contributed by atoms with van der Waals surface area (Å²) in [5, 5.41) is 4.38. The van der Waals surface area contributed by atoms with E-state index in [0.29, 0.717) is 0 Å². The topological polar surface area (TPSA) is 62.8 Å². The van der Waals surface area contributed by atoms with E-state index in [1.165, 1.54) is 23.4 Å². The number of rotatable bonds is 4. The predicted octanol–water partition coefficient (Wildman–Crippen LogP) is 4.47. The average Bonchev–Trinajstić information content (AvgIpc) is 3.20. The van der Waals surface area contributed by atoms with Crippen molar-refractivity contribution >= 4 is 22.2 Å². The molecule has 4 rings (SSSR count). The third kappa shape index (κ3) is 2.89. The number of fused-ring (bicyclic) bond motifs is 1. The van der Waals surface area contributed by atoms with Gasteiger partial charge in [0.15, 0.2) is 5.13 Å². The van der Waals surface area contributed by atoms with Gasteiger partial charge in [0.2, 0.25) is 0 Å². The van der Waals surface area contributed by atoms with Crippen LogP contribution in [0.2, 0.25) is 0 Å². The number of hydrogen-bond acceptors (Lipinski definition) is 5. The minimum absolute atomic E-state index is 0.788. The van der Waals surface area contributed by atoms with E-state index in [1.54, 1.807) is 18.4 Å². The summed E-state index contributed by atoms with van der Waals surface area (Å²) in [6, 6.07) is 6.05. The van der Waals surface area contributed by atoms with Crippen molar-refractivity contribution in [1.29, 1.82) is 0 Å². The predicted molar refractivity (Wildman–Crippen MR) is 97.4 cm³/mol. The zero-order valence-electron chi connectivity index (χ0n) is 13.8. The minimum atomic E-state index is 0.788. The van der Waals surface area contributed by atoms with E-state index in [9.17, 15) is 0 Å². The Hall–Kier alpha value is -2.34. The van der Waals surface area contributed by atoms with Crippen LogP contribution in [0.1, 0.15) is 29.1 Å². The molecular formula is C18H20N4OS. The molecular weight excluding hydrogens is 320 g/mol. The fraction of sp³-hybridized carbons (Fsp3) is 0.333. The normalized spacial score (nSPS) is 13.6. The van der Waals surface area contributed by atoms with Crippen molar-refractivity contribution < 1.29 is 4.74 Å². The molecule has 0 saturated carbocycles. The van der Waals surface area contributed by atoms with Gasteiger partial charge in [-0.15, -0.1) is 11.3 Å². The molecule has 1 aliphatic carbocycles. The molecule has 2 heterocycles. The summed E-state index contributed by atoms with van der Waals surface area (Å²) in [6.07, 6.45) is 6.68. The lowest BCUT2D eigenvalue weighted by Crippen LogP contribution is -1.99. The zero-order chi connectivity index (χ0) is 16.5. The number of aromatic nitrogens is 3. The molecule has 1 aromatic carbocycles. The van der Waals surface area contributed by atoms with Gasteiger partial charge in [-0.3, -0.25) is 0 Å². The highest BCUT2D eigenvalue weighted by Gasteiger charge is 2.16. The summed E-state index contributed by atoms with van der Waals surface area (Å²) < 4.78 is 5.55. The molecule has 0 saturated heterocycles. The monoisotopic (exact) mass is 340 g/mol. The molecule has 0 spiro atoms. The third-order valence-corrected chi connectivity index (χ3v) is 5.33. The lowest BCUT2D eigenvalue weighted by molar-refractivity contribution is 0.416. The molecule has 0 atom stereocenters. The molecule has 0 aliphatic heterocycles. The fourth-order valence-corrected chi connectivity index (χ4v) is 4.12. The van der Waals surface area contributed by atoms with Crippen LogP contribution in [0.25, 0.3) is 11.4 Å². The number of anilines is 2. The highest BCUT2D eigenvalue weighted by atomic mass is 32.1. The highest BCUT2D eigenvalue weighted by molar-refractivity contribution is 7.15. The van der Waals surface area contributed by atoms with E-state index in [-0.39, 0.29) is 0 Å². The first kappa shape index (κ1) is 15.2. The van der Waals surface area contributed by atoms with Gasteiger partial charge in [0.25, 0.3) is 0 Å². The number of thiazole rings is 1. The Morgan fingerprint density at radius 2 is 2.08 bits per heavy atom. The first-order valence-electron chi connectivity index (χ1n) is 8.19. The van der Waals surface area contributed by atoms with Crippen LogP contribution in [0, 0.1) is 6.92 Å². The molecule has 0 unspecified atom stereocenters. The molecule has 0 fully saturated rings. The number of methoxy groups -OCH3 is 1. The minimum Gasteiger partial charge on any atom is -0.496 e. The van der Waals surface area contributed by atoms with Crippen molar-refractivity contribution in [3.05, 3.63) is 40.7 Å². The number of aryl methyl sites for hydroxylation is 3. The Labute approximate surface area is 145 Å². The number of hydrogen-bond donors (Lipinski definition) is 2. The van der Waals surface area contributed by atoms with Crippen molar-refractivity contribution in [3.8, 4) is 17.1 Å². The standard InChI is InChI=1S/C18H20N4OS/c1-11-10-19-17(20-11)13-8-7-12(9-15(13)23-2)21-18-22-14-5-3-4-6-16(14)24-18/h7-10H,3-6H2,1-2H3,(H,19,20)(H,21,22). The fourth-order valence-electron chi connectivity index (χ4n) is 3.05. The highest BCUT2D eigenvalue weighted by Crippen LogP contribution is 2.34. The second-order valence-corrected chi connectivity index (χ2v) is 7.11. The molecule has 1 aliphatic rings. The second-order valence-electron chi connectivity index (χ2n) is 6.03. The SMILES string of the molecule is COc1cc(Nc2nc3c(s2)CCCC3)ccc1-c1nc(C)c[nH]1. The van der Waals surface area contributed by atoms with E-state index in [0.717, 1.165) is 46.5 Å². The van der Waals surface area contributed by atoms with Crippen LogP contribution in [0.5, 0.6) is 5.75 Å². The van der Waals surface area contributed by atoms with Crippen LogP contribution in [0.15, 0.2) is 24.4 Å². The van der Waals surface area contributed by atoms with Crippen LogP contribution in [0.3, 0.4) is 0 Å². The van der Waals surface area contributed by atoms with Crippen molar-refractivity contribution in [3.63, 3.8) is 0 Å². The number of nitrogens with one attached hydrogen (secondary N) is 2. The Kier molecular flexibility index (Phi) is 3.98. The van der Waals surface area contributed by atoms with Gasteiger partial charge >= 0.3 is 0 Å². The summed E-state index contributed by atoms with van der Waals surface area (Å²) in [4.78, 5) is 13.8. The van der Waals surface area contributed by atoms with Gasteiger partial charge in [-0.05, 0) is 44.7 Å². The van der Waals surface area contributed by atoms with E-state index in [2.05, 4.69) is 15.3 Å². The quantitative estimate of drug-likeness (QED) is 0.735. The number of nitrogens with zero attached hydrogens (tertiary/aromatic N) is 2. The van der Waals surface area contributed by atoms with Crippen LogP contribution in [-0.2, 0) is 12.8 Å². The molecule has 24 heavy (non-hydrogen) atoms. The molecule has 2 aromatic heterocycles. The van der Waals surface area contributed by atoms with Gasteiger partial charge in [-0.1, -0.05) is 0 Å². The third-order valence-electron chi connectivity index (χ3n) is 4.26. The first-order chi connectivity index (χ1) is 11.7. The summed E-state index contributed by atoms with van der Waals surface area (Å²) in [5.74, 6) is 1.61. The Balaban J connectivity index is 1.61. The molecule has 124 valence electrons. The van der Waals surface area contributed by atoms with E-state index >= 15 is 0 Å². The number of ether oxygens (including phenoxy) is 1. The first-order valence-corrected chi connectivity index (χ1v) is 9.00. The number of H-pyrrole nitrogens is 1. The van der Waals surface area contributed by atoms with Gasteiger partial charge in [0, 0.05) is 22.8 Å². The van der Waals surface area contributed by atoms with Crippen LogP contribution >= 0.6 is 11.3 Å². The summed E-state index contributed by atoms with van der Waals surface area (Å²) in [6.45, 7) is 1.96. The van der Waals surface area contributed by atoms with E-state index in [1.807, 2.05) is 31.3 Å². The lowest BCUT2D eigenvalue weighted by atomic mass is 10.0. The van der Waals surface area contributed by atoms with E-state index in [4.69, 9.17) is 9.72 Å². The van der Waals surface area contributed by atoms with Gasteiger partial charge < -0.3 is 15.0 Å². The number of benzene rings is 1. The van der Waals surface area contributed by atoms with Crippen LogP contribution in [-0.4, -0.2) is 22.1 Å². The molecule has 2 N–H and O–H groups in total. The number of imidazole rings is 1. The maximum atomic E-state index is 5.55. The number of aromatic amines is 1. The van der Waals surface area contributed by atoms with Crippen molar-refractivity contribution in [1.82, 2.24) is 15.0 Å². The van der Waals surface area contributed by atoms with Gasteiger partial charge in [0.1, 0.15) is 11.6 Å². The molecule has 6 heteroatoms. The molecule has 3 aromatic rings. The summed E-state index contributed by atoms with van der Waals surface area (Å²) >= 11 is 1.77. The molecule has 0 radical (unpaired) electrons. The van der Waals surface area contributed by atoms with Crippen molar-refractivity contribution in [2.24, 2.45) is 0 Å². The smallest absolute Gasteiger partial charge is 0.187 e. The molecule has 0 bridgehead atoms. The maximum absolute atomic E-state index is 5.55. The average molecular weight is 340 g/mol. The van der Waals surface area contributed by atoms with Crippen LogP contribution < -0.4 is 10.1 Å². The Morgan fingerprint density at radius 3 is 2.83 bits per heavy atom. The van der Waals surface area contributed by atoms with E-state index < -0.39 is 0 Å². The largest absolute Gasteiger partial charge is 0.496 e. The van der Waals surface area contributed by atoms with Crippen molar-refractivity contribution in [2.45, 2.75) is 32.6 Å². The lowest BCUT2D eigenvalue weighted by Gasteiger charge is -2.09. The summed E-state index contributed by atoms with van der Waals surface area (Å²) in [7, 11) is 1.68. The van der Waals surface area contributed by atoms with Gasteiger partial charge in [-0.2, -0.15) is 0 Å². The van der Waals surface area contributed by atoms with Gasteiger partial charge in [-0.25, -0.2) is 9.97 Å². The Morgan fingerprint density at radius 1 is 1.21 bits per heavy atom. The Bertz CT molecular complexity index is 844. The zero-order valence-corrected chi connectivity index (χ0v) is 14.7. The molecule has 0 amide bonds. The molecule has 5 nitrogen and oxygen atoms in total. The van der Waals surface area contributed by atoms with Gasteiger partial charge in [0.05, 0.1) is 24.1 Å². The second kappa shape index (κ2) is 6.28.